The Morgan fingerprint density at radius 1 is 0.889 bits per heavy atom. The first-order chi connectivity index (χ1) is 17.2. The summed E-state index contributed by atoms with van der Waals surface area (Å²) < 4.78 is 28.5. The second kappa shape index (κ2) is 11.9. The summed E-state index contributed by atoms with van der Waals surface area (Å²) in [7, 11) is -2.52. The van der Waals surface area contributed by atoms with Gasteiger partial charge in [0, 0.05) is 13.6 Å². The fourth-order valence-electron chi connectivity index (χ4n) is 4.12. The molecule has 0 spiro atoms. The molecule has 0 saturated heterocycles. The van der Waals surface area contributed by atoms with E-state index in [1.165, 1.54) is 24.1 Å². The van der Waals surface area contributed by atoms with Crippen LogP contribution >= 0.6 is 0 Å². The van der Waals surface area contributed by atoms with Crippen molar-refractivity contribution in [2.24, 2.45) is 0 Å². The third-order valence-corrected chi connectivity index (χ3v) is 7.76. The SMILES string of the molecule is CCC(C(=O)NC)N(Cc1cccc(C)c1)C(=O)CN(c1cccc(C)c1)S(=O)(=O)c1ccccc1. The van der Waals surface area contributed by atoms with Gasteiger partial charge < -0.3 is 10.2 Å². The highest BCUT2D eigenvalue weighted by atomic mass is 32.2. The van der Waals surface area contributed by atoms with Gasteiger partial charge in [0.15, 0.2) is 0 Å². The van der Waals surface area contributed by atoms with Crippen LogP contribution in [0.4, 0.5) is 5.69 Å². The van der Waals surface area contributed by atoms with Crippen molar-refractivity contribution in [3.63, 3.8) is 0 Å². The van der Waals surface area contributed by atoms with Crippen LogP contribution in [0.15, 0.2) is 83.8 Å². The van der Waals surface area contributed by atoms with Crippen LogP contribution < -0.4 is 9.62 Å². The fraction of sp³-hybridized carbons (Fsp3) is 0.286. The highest BCUT2D eigenvalue weighted by Crippen LogP contribution is 2.25. The first-order valence-corrected chi connectivity index (χ1v) is 13.3. The van der Waals surface area contributed by atoms with Crippen molar-refractivity contribution in [3.05, 3.63) is 95.6 Å². The summed E-state index contributed by atoms with van der Waals surface area (Å²) in [6, 6.07) is 22.0. The Morgan fingerprint density at radius 3 is 2.11 bits per heavy atom. The number of carbonyl (C=O) groups is 2. The average molecular weight is 508 g/mol. The molecule has 0 aromatic heterocycles. The van der Waals surface area contributed by atoms with Crippen molar-refractivity contribution in [1.29, 1.82) is 0 Å². The van der Waals surface area contributed by atoms with Gasteiger partial charge in [-0.05, 0) is 55.7 Å². The molecular formula is C28H33N3O4S. The molecule has 3 aromatic rings. The van der Waals surface area contributed by atoms with Gasteiger partial charge in [0.2, 0.25) is 11.8 Å². The standard InChI is InChI=1S/C28H33N3O4S/c1-5-26(28(33)29-4)30(19-23-13-9-11-21(2)17-23)27(32)20-31(24-14-10-12-22(3)18-24)36(34,35)25-15-7-6-8-16-25/h6-18,26H,5,19-20H2,1-4H3,(H,29,33). The minimum Gasteiger partial charge on any atom is -0.357 e. The number of benzene rings is 3. The Bertz CT molecular complexity index is 1310. The molecule has 36 heavy (non-hydrogen) atoms. The predicted molar refractivity (Wildman–Crippen MR) is 142 cm³/mol. The number of hydrogen-bond donors (Lipinski definition) is 1. The van der Waals surface area contributed by atoms with Gasteiger partial charge in [0.05, 0.1) is 10.6 Å². The lowest BCUT2D eigenvalue weighted by atomic mass is 10.1. The largest absolute Gasteiger partial charge is 0.357 e. The van der Waals surface area contributed by atoms with Gasteiger partial charge in [-0.3, -0.25) is 13.9 Å². The van der Waals surface area contributed by atoms with E-state index in [-0.39, 0.29) is 17.3 Å². The molecular weight excluding hydrogens is 474 g/mol. The zero-order chi connectivity index (χ0) is 26.3. The Labute approximate surface area is 213 Å². The van der Waals surface area contributed by atoms with E-state index in [4.69, 9.17) is 0 Å². The molecule has 1 N–H and O–H groups in total. The lowest BCUT2D eigenvalue weighted by molar-refractivity contribution is -0.140. The van der Waals surface area contributed by atoms with Gasteiger partial charge in [0.25, 0.3) is 10.0 Å². The van der Waals surface area contributed by atoms with Gasteiger partial charge in [-0.1, -0.05) is 67.1 Å². The molecule has 0 bridgehead atoms. The zero-order valence-corrected chi connectivity index (χ0v) is 22.0. The molecule has 0 aliphatic rings. The molecule has 1 unspecified atom stereocenters. The van der Waals surface area contributed by atoms with Crippen molar-refractivity contribution >= 4 is 27.5 Å². The van der Waals surface area contributed by atoms with Crippen molar-refractivity contribution in [1.82, 2.24) is 10.2 Å². The number of aryl methyl sites for hydroxylation is 2. The summed E-state index contributed by atoms with van der Waals surface area (Å²) in [6.45, 7) is 5.38. The van der Waals surface area contributed by atoms with Crippen LogP contribution in [-0.2, 0) is 26.2 Å². The topological polar surface area (TPSA) is 86.8 Å². The fourth-order valence-corrected chi connectivity index (χ4v) is 5.55. The van der Waals surface area contributed by atoms with Crippen LogP contribution in [0.25, 0.3) is 0 Å². The molecule has 1 atom stereocenters. The van der Waals surface area contributed by atoms with Gasteiger partial charge in [-0.25, -0.2) is 8.42 Å². The number of hydrogen-bond acceptors (Lipinski definition) is 4. The summed E-state index contributed by atoms with van der Waals surface area (Å²) in [4.78, 5) is 28.1. The van der Waals surface area contributed by atoms with Crippen LogP contribution in [0.3, 0.4) is 0 Å². The Balaban J connectivity index is 2.05. The molecule has 8 heteroatoms. The molecule has 0 aliphatic carbocycles. The molecule has 3 rings (SSSR count). The predicted octanol–water partition coefficient (Wildman–Crippen LogP) is 4.05. The maximum Gasteiger partial charge on any atom is 0.264 e. The van der Waals surface area contributed by atoms with E-state index >= 15 is 0 Å². The van der Waals surface area contributed by atoms with Crippen LogP contribution in [0.1, 0.15) is 30.0 Å². The number of nitrogens with zero attached hydrogens (tertiary/aromatic N) is 2. The van der Waals surface area contributed by atoms with E-state index in [0.717, 1.165) is 21.0 Å². The van der Waals surface area contributed by atoms with Gasteiger partial charge in [-0.15, -0.1) is 0 Å². The first-order valence-electron chi connectivity index (χ1n) is 11.9. The maximum atomic E-state index is 13.8. The molecule has 0 saturated carbocycles. The van der Waals surface area contributed by atoms with Crippen LogP contribution in [0.5, 0.6) is 0 Å². The number of sulfonamides is 1. The highest BCUT2D eigenvalue weighted by molar-refractivity contribution is 7.92. The van der Waals surface area contributed by atoms with E-state index in [9.17, 15) is 18.0 Å². The van der Waals surface area contributed by atoms with Gasteiger partial charge >= 0.3 is 0 Å². The molecule has 0 heterocycles. The number of rotatable bonds is 10. The average Bonchev–Trinajstić information content (AvgIpc) is 2.87. The summed E-state index contributed by atoms with van der Waals surface area (Å²) in [5, 5.41) is 2.63. The van der Waals surface area contributed by atoms with Crippen LogP contribution in [-0.4, -0.2) is 44.8 Å². The normalized spacial score (nSPS) is 12.0. The molecule has 3 aromatic carbocycles. The van der Waals surface area contributed by atoms with Gasteiger partial charge in [0.1, 0.15) is 12.6 Å². The quantitative estimate of drug-likeness (QED) is 0.449. The van der Waals surface area contributed by atoms with E-state index in [0.29, 0.717) is 12.1 Å². The van der Waals surface area contributed by atoms with Gasteiger partial charge in [-0.2, -0.15) is 0 Å². The summed E-state index contributed by atoms with van der Waals surface area (Å²) >= 11 is 0. The van der Waals surface area contributed by atoms with Crippen molar-refractivity contribution in [3.8, 4) is 0 Å². The van der Waals surface area contributed by atoms with E-state index in [1.807, 2.05) is 51.1 Å². The molecule has 0 aliphatic heterocycles. The smallest absolute Gasteiger partial charge is 0.264 e. The maximum absolute atomic E-state index is 13.8. The molecule has 190 valence electrons. The lowest BCUT2D eigenvalue weighted by Crippen LogP contribution is -2.51. The minimum absolute atomic E-state index is 0.0860. The zero-order valence-electron chi connectivity index (χ0n) is 21.1. The van der Waals surface area contributed by atoms with Crippen molar-refractivity contribution in [2.45, 2.75) is 44.7 Å². The van der Waals surface area contributed by atoms with E-state index in [1.54, 1.807) is 36.4 Å². The Morgan fingerprint density at radius 2 is 1.53 bits per heavy atom. The third kappa shape index (κ3) is 6.31. The molecule has 0 fully saturated rings. The number of nitrogens with one attached hydrogen (secondary N) is 1. The Hall–Kier alpha value is -3.65. The molecule has 7 nitrogen and oxygen atoms in total. The van der Waals surface area contributed by atoms with Crippen LogP contribution in [0.2, 0.25) is 0 Å². The molecule has 2 amide bonds. The summed E-state index contributed by atoms with van der Waals surface area (Å²) in [5.41, 5.74) is 3.14. The summed E-state index contributed by atoms with van der Waals surface area (Å²) in [6.07, 6.45) is 0.382. The lowest BCUT2D eigenvalue weighted by Gasteiger charge is -2.33. The second-order valence-corrected chi connectivity index (χ2v) is 10.6. The van der Waals surface area contributed by atoms with Crippen molar-refractivity contribution < 1.29 is 18.0 Å². The number of amides is 2. The van der Waals surface area contributed by atoms with Crippen LogP contribution in [0, 0.1) is 13.8 Å². The Kier molecular flexibility index (Phi) is 8.88. The number of anilines is 1. The third-order valence-electron chi connectivity index (χ3n) is 5.97. The summed E-state index contributed by atoms with van der Waals surface area (Å²) in [5.74, 6) is -0.764. The number of likely N-dealkylation sites (N-methyl/N-ethyl adjacent to an activating group) is 1. The highest BCUT2D eigenvalue weighted by Gasteiger charge is 2.33. The van der Waals surface area contributed by atoms with Crippen molar-refractivity contribution in [2.75, 3.05) is 17.9 Å². The number of carbonyl (C=O) groups excluding carboxylic acids is 2. The minimum atomic E-state index is -4.05. The molecule has 0 radical (unpaired) electrons. The second-order valence-electron chi connectivity index (χ2n) is 8.71. The van der Waals surface area contributed by atoms with E-state index in [2.05, 4.69) is 5.32 Å². The first kappa shape index (κ1) is 26.9. The monoisotopic (exact) mass is 507 g/mol. The van der Waals surface area contributed by atoms with E-state index < -0.39 is 28.5 Å².